The predicted molar refractivity (Wildman–Crippen MR) is 88.7 cm³/mol. The highest BCUT2D eigenvalue weighted by Gasteiger charge is 2.32. The summed E-state index contributed by atoms with van der Waals surface area (Å²) in [7, 11) is 0. The first kappa shape index (κ1) is 14.2. The van der Waals surface area contributed by atoms with Crippen LogP contribution in [-0.4, -0.2) is 11.6 Å². The number of carbonyl (C=O) groups is 1. The third kappa shape index (κ3) is 2.80. The maximum Gasteiger partial charge on any atom is 0.299 e. The molecule has 1 aliphatic heterocycles. The lowest BCUT2D eigenvalue weighted by Gasteiger charge is -2.14. The molecule has 0 spiro atoms. The van der Waals surface area contributed by atoms with E-state index in [2.05, 4.69) is 22.5 Å². The van der Waals surface area contributed by atoms with Crippen molar-refractivity contribution in [2.75, 3.05) is 10.4 Å². The summed E-state index contributed by atoms with van der Waals surface area (Å²) in [6, 6.07) is 16.3. The van der Waals surface area contributed by atoms with Gasteiger partial charge in [0.1, 0.15) is 0 Å². The van der Waals surface area contributed by atoms with E-state index in [-0.39, 0.29) is 11.6 Å². The standard InChI is InChI=1S/C16H13ClN4O/c1-11-15(19-18-13-9-7-12(17)8-10-13)16(22)21(20-11)14-5-3-2-4-6-14/h2-10,18,20H,1H2. The van der Waals surface area contributed by atoms with E-state index >= 15 is 0 Å². The van der Waals surface area contributed by atoms with Crippen LogP contribution in [0.15, 0.2) is 72.0 Å². The van der Waals surface area contributed by atoms with Gasteiger partial charge in [-0.15, -0.1) is 0 Å². The van der Waals surface area contributed by atoms with Crippen LogP contribution in [0, 0.1) is 0 Å². The van der Waals surface area contributed by atoms with Crippen LogP contribution in [0.4, 0.5) is 11.4 Å². The Hall–Kier alpha value is -2.79. The third-order valence-electron chi connectivity index (χ3n) is 3.09. The highest BCUT2D eigenvalue weighted by Crippen LogP contribution is 2.19. The normalized spacial score (nSPS) is 16.0. The lowest BCUT2D eigenvalue weighted by Crippen LogP contribution is -2.34. The van der Waals surface area contributed by atoms with Gasteiger partial charge in [-0.1, -0.05) is 36.4 Å². The fourth-order valence-electron chi connectivity index (χ4n) is 1.99. The number of carbonyl (C=O) groups excluding carboxylic acids is 1. The number of nitrogens with one attached hydrogen (secondary N) is 2. The SMILES string of the molecule is C=C1NN(c2ccccc2)C(=O)C1=NNc1ccc(Cl)cc1. The second-order valence-electron chi connectivity index (χ2n) is 4.65. The molecule has 1 saturated heterocycles. The van der Waals surface area contributed by atoms with Crippen molar-refractivity contribution in [1.29, 1.82) is 0 Å². The van der Waals surface area contributed by atoms with Crippen LogP contribution >= 0.6 is 11.6 Å². The van der Waals surface area contributed by atoms with Gasteiger partial charge in [-0.2, -0.15) is 5.10 Å². The zero-order valence-corrected chi connectivity index (χ0v) is 12.3. The number of hydrazine groups is 1. The van der Waals surface area contributed by atoms with E-state index in [4.69, 9.17) is 11.6 Å². The van der Waals surface area contributed by atoms with Gasteiger partial charge in [-0.25, -0.2) is 5.01 Å². The number of anilines is 2. The van der Waals surface area contributed by atoms with Gasteiger partial charge in [0.15, 0.2) is 5.71 Å². The fourth-order valence-corrected chi connectivity index (χ4v) is 2.12. The number of nitrogens with zero attached hydrogens (tertiary/aromatic N) is 2. The molecule has 22 heavy (non-hydrogen) atoms. The molecule has 0 atom stereocenters. The summed E-state index contributed by atoms with van der Waals surface area (Å²) in [6.45, 7) is 3.82. The summed E-state index contributed by atoms with van der Waals surface area (Å²) in [5, 5.41) is 6.17. The molecule has 1 fully saturated rings. The minimum Gasteiger partial charge on any atom is -0.289 e. The van der Waals surface area contributed by atoms with Gasteiger partial charge in [0.2, 0.25) is 0 Å². The van der Waals surface area contributed by atoms with Gasteiger partial charge in [0.25, 0.3) is 5.91 Å². The number of amides is 1. The molecule has 0 radical (unpaired) electrons. The van der Waals surface area contributed by atoms with Gasteiger partial charge < -0.3 is 0 Å². The molecule has 2 N–H and O–H groups in total. The van der Waals surface area contributed by atoms with E-state index in [1.165, 1.54) is 5.01 Å². The second-order valence-corrected chi connectivity index (χ2v) is 5.08. The highest BCUT2D eigenvalue weighted by molar-refractivity contribution is 6.51. The van der Waals surface area contributed by atoms with E-state index in [1.807, 2.05) is 30.3 Å². The lowest BCUT2D eigenvalue weighted by atomic mass is 10.3. The minimum atomic E-state index is -0.266. The van der Waals surface area contributed by atoms with Crippen LogP contribution in [0.5, 0.6) is 0 Å². The smallest absolute Gasteiger partial charge is 0.289 e. The number of hydrogen-bond acceptors (Lipinski definition) is 4. The molecule has 2 aromatic rings. The number of benzene rings is 2. The Kier molecular flexibility index (Phi) is 3.80. The first-order valence-electron chi connectivity index (χ1n) is 6.60. The molecule has 3 rings (SSSR count). The largest absolute Gasteiger partial charge is 0.299 e. The Morgan fingerprint density at radius 3 is 2.45 bits per heavy atom. The van der Waals surface area contributed by atoms with Crippen molar-refractivity contribution in [3.8, 4) is 0 Å². The number of rotatable bonds is 3. The van der Waals surface area contributed by atoms with Gasteiger partial charge in [-0.3, -0.25) is 15.6 Å². The zero-order chi connectivity index (χ0) is 15.5. The molecular formula is C16H13ClN4O. The highest BCUT2D eigenvalue weighted by atomic mass is 35.5. The van der Waals surface area contributed by atoms with Crippen molar-refractivity contribution in [1.82, 2.24) is 5.43 Å². The molecule has 6 heteroatoms. The van der Waals surface area contributed by atoms with Gasteiger partial charge in [0.05, 0.1) is 17.1 Å². The predicted octanol–water partition coefficient (Wildman–Crippen LogP) is 3.17. The number of para-hydroxylation sites is 1. The summed E-state index contributed by atoms with van der Waals surface area (Å²) in [5.74, 6) is -0.266. The Balaban J connectivity index is 1.79. The van der Waals surface area contributed by atoms with Gasteiger partial charge in [-0.05, 0) is 36.4 Å². The van der Waals surface area contributed by atoms with Crippen molar-refractivity contribution in [2.24, 2.45) is 5.10 Å². The second kappa shape index (κ2) is 5.91. The maximum atomic E-state index is 12.4. The van der Waals surface area contributed by atoms with E-state index in [9.17, 15) is 4.79 Å². The quantitative estimate of drug-likeness (QED) is 0.856. The summed E-state index contributed by atoms with van der Waals surface area (Å²) >= 11 is 5.82. The molecule has 2 aromatic carbocycles. The first-order valence-corrected chi connectivity index (χ1v) is 6.97. The van der Waals surface area contributed by atoms with Crippen LogP contribution in [0.3, 0.4) is 0 Å². The molecule has 1 amide bonds. The van der Waals surface area contributed by atoms with E-state index in [0.717, 1.165) is 11.4 Å². The topological polar surface area (TPSA) is 56.7 Å². The Morgan fingerprint density at radius 1 is 1.09 bits per heavy atom. The molecule has 0 aliphatic carbocycles. The lowest BCUT2D eigenvalue weighted by molar-refractivity contribution is -0.112. The van der Waals surface area contributed by atoms with Gasteiger partial charge in [0, 0.05) is 5.02 Å². The molecule has 110 valence electrons. The molecule has 5 nitrogen and oxygen atoms in total. The minimum absolute atomic E-state index is 0.235. The molecule has 0 saturated carbocycles. The van der Waals surface area contributed by atoms with Crippen molar-refractivity contribution in [2.45, 2.75) is 0 Å². The Labute approximate surface area is 132 Å². The van der Waals surface area contributed by atoms with E-state index < -0.39 is 0 Å². The van der Waals surface area contributed by atoms with E-state index in [0.29, 0.717) is 10.7 Å². The average molecular weight is 313 g/mol. The van der Waals surface area contributed by atoms with Crippen molar-refractivity contribution >= 4 is 34.6 Å². The maximum absolute atomic E-state index is 12.4. The van der Waals surface area contributed by atoms with Crippen molar-refractivity contribution in [3.63, 3.8) is 0 Å². The molecule has 0 aromatic heterocycles. The monoisotopic (exact) mass is 312 g/mol. The van der Waals surface area contributed by atoms with Crippen LogP contribution in [-0.2, 0) is 4.79 Å². The molecule has 0 unspecified atom stereocenters. The molecule has 1 heterocycles. The van der Waals surface area contributed by atoms with Crippen LogP contribution in [0.1, 0.15) is 0 Å². The fraction of sp³-hybridized carbons (Fsp3) is 0. The van der Waals surface area contributed by atoms with Crippen molar-refractivity contribution < 1.29 is 4.79 Å². The summed E-state index contributed by atoms with van der Waals surface area (Å²) in [5.41, 5.74) is 7.87. The first-order chi connectivity index (χ1) is 10.6. The summed E-state index contributed by atoms with van der Waals surface area (Å²) in [4.78, 5) is 12.4. The Bertz CT molecular complexity index is 741. The van der Waals surface area contributed by atoms with Crippen molar-refractivity contribution in [3.05, 3.63) is 71.9 Å². The molecule has 1 aliphatic rings. The van der Waals surface area contributed by atoms with Crippen LogP contribution in [0.25, 0.3) is 0 Å². The molecule has 0 bridgehead atoms. The zero-order valence-electron chi connectivity index (χ0n) is 11.6. The number of hydrogen-bond donors (Lipinski definition) is 2. The molecular weight excluding hydrogens is 300 g/mol. The summed E-state index contributed by atoms with van der Waals surface area (Å²) < 4.78 is 0. The van der Waals surface area contributed by atoms with Crippen LogP contribution in [0.2, 0.25) is 5.02 Å². The van der Waals surface area contributed by atoms with E-state index in [1.54, 1.807) is 24.3 Å². The Morgan fingerprint density at radius 2 is 1.77 bits per heavy atom. The van der Waals surface area contributed by atoms with Crippen LogP contribution < -0.4 is 15.9 Å². The summed E-state index contributed by atoms with van der Waals surface area (Å²) in [6.07, 6.45) is 0. The number of hydrazone groups is 1. The van der Waals surface area contributed by atoms with Gasteiger partial charge >= 0.3 is 0 Å². The average Bonchev–Trinajstić information content (AvgIpc) is 2.82. The number of halogens is 1. The third-order valence-corrected chi connectivity index (χ3v) is 3.35.